The molecule has 0 spiro atoms. The number of piperazine rings is 1. The maximum absolute atomic E-state index is 13.2. The zero-order valence-electron chi connectivity index (χ0n) is 19.0. The zero-order chi connectivity index (χ0) is 24.6. The van der Waals surface area contributed by atoms with Crippen LogP contribution in [0.1, 0.15) is 0 Å². The second-order valence-corrected chi connectivity index (χ2v) is 10.1. The number of anilines is 1. The fraction of sp³-hybridized carbons (Fsp3) is 0.273. The van der Waals surface area contributed by atoms with E-state index >= 15 is 0 Å². The van der Waals surface area contributed by atoms with Crippen LogP contribution >= 0.6 is 11.6 Å². The molecule has 1 fully saturated rings. The average molecular weight is 516 g/mol. The van der Waals surface area contributed by atoms with E-state index in [9.17, 15) is 8.42 Å². The zero-order valence-corrected chi connectivity index (χ0v) is 20.6. The van der Waals surface area contributed by atoms with E-state index in [1.54, 1.807) is 22.9 Å². The summed E-state index contributed by atoms with van der Waals surface area (Å²) in [6.45, 7) is 1.44. The number of hydrogen-bond donors (Lipinski definition) is 0. The number of benzene rings is 2. The van der Waals surface area contributed by atoms with Crippen molar-refractivity contribution in [2.45, 2.75) is 4.90 Å². The van der Waals surface area contributed by atoms with Crippen LogP contribution in [-0.2, 0) is 10.0 Å². The molecule has 4 aromatic rings. The van der Waals surface area contributed by atoms with Gasteiger partial charge in [-0.1, -0.05) is 16.8 Å². The van der Waals surface area contributed by atoms with Crippen molar-refractivity contribution < 1.29 is 17.9 Å². The van der Waals surface area contributed by atoms with Gasteiger partial charge in [-0.05, 0) is 36.4 Å². The van der Waals surface area contributed by atoms with Crippen molar-refractivity contribution in [2.75, 3.05) is 45.3 Å². The maximum atomic E-state index is 13.2. The molecular weight excluding hydrogens is 494 g/mol. The molecule has 1 aliphatic heterocycles. The quantitative estimate of drug-likeness (QED) is 0.381. The van der Waals surface area contributed by atoms with Gasteiger partial charge in [0, 0.05) is 37.3 Å². The largest absolute Gasteiger partial charge is 0.493 e. The van der Waals surface area contributed by atoms with E-state index in [4.69, 9.17) is 21.1 Å². The molecular formula is C22H22ClN7O4S. The summed E-state index contributed by atoms with van der Waals surface area (Å²) in [5, 5.41) is 9.16. The number of aromatic nitrogens is 5. The first-order valence-electron chi connectivity index (χ1n) is 10.7. The van der Waals surface area contributed by atoms with E-state index in [1.807, 2.05) is 17.0 Å². The Morgan fingerprint density at radius 1 is 0.914 bits per heavy atom. The van der Waals surface area contributed by atoms with Crippen molar-refractivity contribution in [2.24, 2.45) is 0 Å². The van der Waals surface area contributed by atoms with Crippen LogP contribution in [0, 0.1) is 0 Å². The highest BCUT2D eigenvalue weighted by atomic mass is 35.5. The molecule has 2 aromatic heterocycles. The van der Waals surface area contributed by atoms with Crippen LogP contribution in [0.3, 0.4) is 0 Å². The molecule has 0 N–H and O–H groups in total. The monoisotopic (exact) mass is 515 g/mol. The van der Waals surface area contributed by atoms with Crippen molar-refractivity contribution in [3.63, 3.8) is 0 Å². The summed E-state index contributed by atoms with van der Waals surface area (Å²) in [4.78, 5) is 10.9. The number of methoxy groups -OCH3 is 2. The Kier molecular flexibility index (Phi) is 6.17. The first kappa shape index (κ1) is 23.3. The number of ether oxygens (including phenoxy) is 2. The molecule has 0 amide bonds. The molecule has 182 valence electrons. The van der Waals surface area contributed by atoms with Crippen LogP contribution in [0.25, 0.3) is 16.9 Å². The lowest BCUT2D eigenvalue weighted by molar-refractivity contribution is 0.353. The highest BCUT2D eigenvalue weighted by Crippen LogP contribution is 2.31. The van der Waals surface area contributed by atoms with Crippen LogP contribution in [-0.4, -0.2) is 78.1 Å². The third-order valence-electron chi connectivity index (χ3n) is 5.82. The molecule has 0 unspecified atom stereocenters. The van der Waals surface area contributed by atoms with Crippen molar-refractivity contribution in [1.29, 1.82) is 0 Å². The minimum atomic E-state index is -3.71. The van der Waals surface area contributed by atoms with Gasteiger partial charge in [0.2, 0.25) is 10.0 Å². The Hall–Kier alpha value is -3.48. The Morgan fingerprint density at radius 3 is 2.31 bits per heavy atom. The van der Waals surface area contributed by atoms with Crippen LogP contribution < -0.4 is 14.4 Å². The summed E-state index contributed by atoms with van der Waals surface area (Å²) in [5.41, 5.74) is 1.86. The standard InChI is InChI=1S/C22H22ClN7O4S/c1-33-18-8-7-17(13-19(18)34-2)35(31,32)29-11-9-28(10-12-29)21-20-22(25-14-24-21)30(27-26-20)16-5-3-15(23)4-6-16/h3-8,13-14H,9-12H2,1-2H3. The summed E-state index contributed by atoms with van der Waals surface area (Å²) < 4.78 is 40.0. The lowest BCUT2D eigenvalue weighted by atomic mass is 10.3. The van der Waals surface area contributed by atoms with Gasteiger partial charge in [-0.2, -0.15) is 8.99 Å². The van der Waals surface area contributed by atoms with Gasteiger partial charge in [0.1, 0.15) is 6.33 Å². The Morgan fingerprint density at radius 2 is 1.63 bits per heavy atom. The number of sulfonamides is 1. The van der Waals surface area contributed by atoms with Gasteiger partial charge in [-0.25, -0.2) is 18.4 Å². The highest BCUT2D eigenvalue weighted by Gasteiger charge is 2.31. The van der Waals surface area contributed by atoms with Gasteiger partial charge < -0.3 is 14.4 Å². The number of hydrogen-bond acceptors (Lipinski definition) is 9. The van der Waals surface area contributed by atoms with E-state index in [1.165, 1.54) is 37.0 Å². The van der Waals surface area contributed by atoms with Gasteiger partial charge >= 0.3 is 0 Å². The minimum Gasteiger partial charge on any atom is -0.493 e. The van der Waals surface area contributed by atoms with Gasteiger partial charge in [-0.15, -0.1) is 5.10 Å². The summed E-state index contributed by atoms with van der Waals surface area (Å²) in [6.07, 6.45) is 1.46. The highest BCUT2D eigenvalue weighted by molar-refractivity contribution is 7.89. The Balaban J connectivity index is 1.37. The number of nitrogens with zero attached hydrogens (tertiary/aromatic N) is 7. The lowest BCUT2D eigenvalue weighted by Gasteiger charge is -2.34. The third-order valence-corrected chi connectivity index (χ3v) is 7.97. The van der Waals surface area contributed by atoms with Gasteiger partial charge in [0.15, 0.2) is 28.5 Å². The summed E-state index contributed by atoms with van der Waals surface area (Å²) in [6, 6.07) is 11.8. The van der Waals surface area contributed by atoms with Crippen LogP contribution in [0.4, 0.5) is 5.82 Å². The summed E-state index contributed by atoms with van der Waals surface area (Å²) in [7, 11) is -0.734. The molecule has 13 heteroatoms. The number of fused-ring (bicyclic) bond motifs is 1. The molecule has 0 bridgehead atoms. The molecule has 1 aliphatic rings. The molecule has 0 saturated carbocycles. The number of rotatable bonds is 6. The average Bonchev–Trinajstić information content (AvgIpc) is 3.33. The molecule has 0 radical (unpaired) electrons. The van der Waals surface area contributed by atoms with E-state index in [0.717, 1.165) is 5.69 Å². The second kappa shape index (κ2) is 9.29. The predicted molar refractivity (Wildman–Crippen MR) is 130 cm³/mol. The van der Waals surface area contributed by atoms with Crippen LogP contribution in [0.2, 0.25) is 5.02 Å². The lowest BCUT2D eigenvalue weighted by Crippen LogP contribution is -2.49. The Labute approximate surface area is 206 Å². The summed E-state index contributed by atoms with van der Waals surface area (Å²) in [5.74, 6) is 1.44. The third kappa shape index (κ3) is 4.24. The van der Waals surface area contributed by atoms with E-state index < -0.39 is 10.0 Å². The van der Waals surface area contributed by atoms with Crippen molar-refractivity contribution >= 4 is 38.6 Å². The molecule has 5 rings (SSSR count). The fourth-order valence-corrected chi connectivity index (χ4v) is 5.55. The summed E-state index contributed by atoms with van der Waals surface area (Å²) >= 11 is 5.99. The molecule has 2 aromatic carbocycles. The van der Waals surface area contributed by atoms with E-state index in [0.29, 0.717) is 46.6 Å². The van der Waals surface area contributed by atoms with Crippen molar-refractivity contribution in [1.82, 2.24) is 29.3 Å². The molecule has 35 heavy (non-hydrogen) atoms. The van der Waals surface area contributed by atoms with Gasteiger partial charge in [-0.3, -0.25) is 0 Å². The SMILES string of the molecule is COc1ccc(S(=O)(=O)N2CCN(c3ncnc4c3nnn4-c3ccc(Cl)cc3)CC2)cc1OC. The minimum absolute atomic E-state index is 0.152. The molecule has 1 saturated heterocycles. The Bertz CT molecular complexity index is 1470. The van der Waals surface area contributed by atoms with Gasteiger partial charge in [0.05, 0.1) is 24.8 Å². The van der Waals surface area contributed by atoms with Crippen LogP contribution in [0.15, 0.2) is 53.7 Å². The first-order valence-corrected chi connectivity index (χ1v) is 12.5. The molecule has 0 atom stereocenters. The van der Waals surface area contributed by atoms with Crippen LogP contribution in [0.5, 0.6) is 11.5 Å². The van der Waals surface area contributed by atoms with Crippen molar-refractivity contribution in [3.8, 4) is 17.2 Å². The fourth-order valence-electron chi connectivity index (χ4n) is 3.99. The normalized spacial score (nSPS) is 14.9. The van der Waals surface area contributed by atoms with Crippen molar-refractivity contribution in [3.05, 3.63) is 53.8 Å². The molecule has 0 aliphatic carbocycles. The maximum Gasteiger partial charge on any atom is 0.243 e. The van der Waals surface area contributed by atoms with E-state index in [-0.39, 0.29) is 18.0 Å². The predicted octanol–water partition coefficient (Wildman–Crippen LogP) is 2.39. The topological polar surface area (TPSA) is 116 Å². The van der Waals surface area contributed by atoms with E-state index in [2.05, 4.69) is 20.3 Å². The van der Waals surface area contributed by atoms with Gasteiger partial charge in [0.25, 0.3) is 0 Å². The molecule has 11 nitrogen and oxygen atoms in total. The second-order valence-electron chi connectivity index (χ2n) is 7.76. The molecule has 3 heterocycles. The first-order chi connectivity index (χ1) is 16.9. The smallest absolute Gasteiger partial charge is 0.243 e. The number of halogens is 1.